The van der Waals surface area contributed by atoms with E-state index in [0.717, 1.165) is 18.8 Å². The number of halogens is 2. The van der Waals surface area contributed by atoms with Gasteiger partial charge in [0, 0.05) is 11.6 Å². The number of sulfonamides is 1. The molecule has 2 heterocycles. The third kappa shape index (κ3) is 4.17. The van der Waals surface area contributed by atoms with Gasteiger partial charge in [0.1, 0.15) is 11.4 Å². The SMILES string of the molecule is CCCn1nnnc1C[NH+]1CCN(S(=O)(=O)c2cc(Cl)ccc2Cl)CC1. The zero-order valence-corrected chi connectivity index (χ0v) is 16.7. The van der Waals surface area contributed by atoms with Gasteiger partial charge in [-0.25, -0.2) is 13.1 Å². The Bertz CT molecular complexity index is 865. The van der Waals surface area contributed by atoms with Crippen molar-refractivity contribution >= 4 is 33.2 Å². The molecular weight excluding hydrogens is 399 g/mol. The first-order chi connectivity index (χ1) is 12.4. The minimum atomic E-state index is -3.66. The molecule has 1 N–H and O–H groups in total. The Hall–Kier alpha value is -1.26. The second-order valence-electron chi connectivity index (χ2n) is 6.22. The fourth-order valence-electron chi connectivity index (χ4n) is 2.99. The van der Waals surface area contributed by atoms with Crippen LogP contribution < -0.4 is 4.90 Å². The highest BCUT2D eigenvalue weighted by Crippen LogP contribution is 2.27. The molecule has 8 nitrogen and oxygen atoms in total. The van der Waals surface area contributed by atoms with Crippen molar-refractivity contribution in [3.8, 4) is 0 Å². The van der Waals surface area contributed by atoms with Crippen LogP contribution in [0, 0.1) is 0 Å². The topological polar surface area (TPSA) is 85.4 Å². The monoisotopic (exact) mass is 419 g/mol. The Balaban J connectivity index is 1.66. The van der Waals surface area contributed by atoms with Gasteiger partial charge in [-0.3, -0.25) is 0 Å². The fraction of sp³-hybridized carbons (Fsp3) is 0.533. The summed E-state index contributed by atoms with van der Waals surface area (Å²) in [6.45, 7) is 5.71. The van der Waals surface area contributed by atoms with E-state index in [1.807, 2.05) is 4.68 Å². The summed E-state index contributed by atoms with van der Waals surface area (Å²) in [6, 6.07) is 4.48. The molecule has 0 radical (unpaired) electrons. The largest absolute Gasteiger partial charge is 0.326 e. The summed E-state index contributed by atoms with van der Waals surface area (Å²) >= 11 is 12.0. The molecule has 142 valence electrons. The molecule has 0 unspecified atom stereocenters. The number of benzene rings is 1. The maximum Gasteiger partial charge on any atom is 0.245 e. The van der Waals surface area contributed by atoms with Gasteiger partial charge in [-0.05, 0) is 35.0 Å². The van der Waals surface area contributed by atoms with Gasteiger partial charge < -0.3 is 4.90 Å². The minimum Gasteiger partial charge on any atom is -0.326 e. The van der Waals surface area contributed by atoms with Crippen LogP contribution in [0.25, 0.3) is 0 Å². The molecule has 1 aliphatic heterocycles. The Morgan fingerprint density at radius 1 is 1.23 bits per heavy atom. The lowest BCUT2D eigenvalue weighted by molar-refractivity contribution is -0.918. The molecule has 0 spiro atoms. The van der Waals surface area contributed by atoms with E-state index in [-0.39, 0.29) is 9.92 Å². The molecule has 2 aromatic rings. The molecule has 0 bridgehead atoms. The predicted octanol–water partition coefficient (Wildman–Crippen LogP) is 0.479. The zero-order chi connectivity index (χ0) is 18.7. The van der Waals surface area contributed by atoms with Crippen LogP contribution >= 0.6 is 23.2 Å². The number of hydrogen-bond acceptors (Lipinski definition) is 5. The second kappa shape index (κ2) is 8.18. The molecule has 26 heavy (non-hydrogen) atoms. The van der Waals surface area contributed by atoms with Gasteiger partial charge in [-0.1, -0.05) is 30.1 Å². The highest BCUT2D eigenvalue weighted by molar-refractivity contribution is 7.89. The van der Waals surface area contributed by atoms with Crippen molar-refractivity contribution < 1.29 is 13.3 Å². The maximum absolute atomic E-state index is 12.9. The van der Waals surface area contributed by atoms with Crippen LogP contribution in [0.1, 0.15) is 19.2 Å². The molecule has 3 rings (SSSR count). The van der Waals surface area contributed by atoms with E-state index in [0.29, 0.717) is 37.7 Å². The number of aryl methyl sites for hydroxylation is 1. The molecule has 0 saturated carbocycles. The van der Waals surface area contributed by atoms with Gasteiger partial charge in [0.25, 0.3) is 0 Å². The Labute approximate surface area is 162 Å². The first-order valence-electron chi connectivity index (χ1n) is 8.45. The van der Waals surface area contributed by atoms with E-state index in [1.165, 1.54) is 21.3 Å². The number of nitrogens with one attached hydrogen (secondary N) is 1. The van der Waals surface area contributed by atoms with Gasteiger partial charge in [-0.15, -0.1) is 5.10 Å². The number of hydrogen-bond donors (Lipinski definition) is 1. The summed E-state index contributed by atoms with van der Waals surface area (Å²) < 4.78 is 29.0. The average Bonchev–Trinajstić information content (AvgIpc) is 3.05. The number of nitrogens with zero attached hydrogens (tertiary/aromatic N) is 5. The molecule has 1 aromatic heterocycles. The molecule has 1 fully saturated rings. The van der Waals surface area contributed by atoms with E-state index in [4.69, 9.17) is 23.2 Å². The maximum atomic E-state index is 12.9. The van der Waals surface area contributed by atoms with E-state index in [1.54, 1.807) is 6.07 Å². The lowest BCUT2D eigenvalue weighted by atomic mass is 10.3. The number of piperazine rings is 1. The summed E-state index contributed by atoms with van der Waals surface area (Å²) in [5, 5.41) is 12.3. The number of tetrazole rings is 1. The number of quaternary nitrogens is 1. The van der Waals surface area contributed by atoms with Gasteiger partial charge in [0.15, 0.2) is 0 Å². The summed E-state index contributed by atoms with van der Waals surface area (Å²) in [7, 11) is -3.66. The first kappa shape index (κ1) is 19.5. The molecule has 0 amide bonds. The average molecular weight is 420 g/mol. The van der Waals surface area contributed by atoms with Crippen LogP contribution in [0.3, 0.4) is 0 Å². The Morgan fingerprint density at radius 3 is 2.65 bits per heavy atom. The molecule has 0 atom stereocenters. The molecular formula is C15H21Cl2N6O2S+. The normalized spacial score (nSPS) is 16.9. The van der Waals surface area contributed by atoms with E-state index < -0.39 is 10.0 Å². The Morgan fingerprint density at radius 2 is 1.96 bits per heavy atom. The predicted molar refractivity (Wildman–Crippen MR) is 97.7 cm³/mol. The van der Waals surface area contributed by atoms with Crippen LogP contribution in [-0.2, 0) is 23.1 Å². The van der Waals surface area contributed by atoms with Crippen molar-refractivity contribution in [2.24, 2.45) is 0 Å². The lowest BCUT2D eigenvalue weighted by Crippen LogP contribution is -3.13. The van der Waals surface area contributed by atoms with Gasteiger partial charge in [-0.2, -0.15) is 4.31 Å². The fourth-order valence-corrected chi connectivity index (χ4v) is 5.17. The van der Waals surface area contributed by atoms with Crippen molar-refractivity contribution in [1.29, 1.82) is 0 Å². The molecule has 0 aliphatic carbocycles. The number of aromatic nitrogens is 4. The number of rotatable bonds is 6. The lowest BCUT2D eigenvalue weighted by Gasteiger charge is -2.31. The highest BCUT2D eigenvalue weighted by atomic mass is 35.5. The molecule has 1 aliphatic rings. The quantitative estimate of drug-likeness (QED) is 0.735. The van der Waals surface area contributed by atoms with Crippen molar-refractivity contribution in [3.63, 3.8) is 0 Å². The van der Waals surface area contributed by atoms with Gasteiger partial charge in [0.2, 0.25) is 15.8 Å². The second-order valence-corrected chi connectivity index (χ2v) is 8.97. The molecule has 1 aromatic carbocycles. The van der Waals surface area contributed by atoms with E-state index >= 15 is 0 Å². The van der Waals surface area contributed by atoms with E-state index in [2.05, 4.69) is 22.4 Å². The van der Waals surface area contributed by atoms with Gasteiger partial charge >= 0.3 is 0 Å². The van der Waals surface area contributed by atoms with Crippen molar-refractivity contribution in [1.82, 2.24) is 24.5 Å². The van der Waals surface area contributed by atoms with Gasteiger partial charge in [0.05, 0.1) is 31.2 Å². The standard InChI is InChI=1S/C15H20Cl2N6O2S/c1-2-5-23-15(18-19-20-23)11-21-6-8-22(9-7-21)26(24,25)14-10-12(16)3-4-13(14)17/h3-4,10H,2,5-9,11H2,1H3/p+1. The summed E-state index contributed by atoms with van der Waals surface area (Å²) in [5.41, 5.74) is 0. The van der Waals surface area contributed by atoms with Crippen molar-refractivity contribution in [3.05, 3.63) is 34.1 Å². The smallest absolute Gasteiger partial charge is 0.245 e. The van der Waals surface area contributed by atoms with Crippen LogP contribution in [-0.4, -0.2) is 59.1 Å². The van der Waals surface area contributed by atoms with Crippen LogP contribution in [0.5, 0.6) is 0 Å². The zero-order valence-electron chi connectivity index (χ0n) is 14.4. The van der Waals surface area contributed by atoms with Crippen LogP contribution in [0.2, 0.25) is 10.0 Å². The summed E-state index contributed by atoms with van der Waals surface area (Å²) in [5.74, 6) is 0.830. The van der Waals surface area contributed by atoms with Crippen LogP contribution in [0.15, 0.2) is 23.1 Å². The Kier molecular flexibility index (Phi) is 6.13. The minimum absolute atomic E-state index is 0.0574. The summed E-state index contributed by atoms with van der Waals surface area (Å²) in [4.78, 5) is 1.31. The summed E-state index contributed by atoms with van der Waals surface area (Å²) in [6.07, 6.45) is 0.958. The molecule has 1 saturated heterocycles. The van der Waals surface area contributed by atoms with Crippen molar-refractivity contribution in [2.45, 2.75) is 31.3 Å². The van der Waals surface area contributed by atoms with Crippen molar-refractivity contribution in [2.75, 3.05) is 26.2 Å². The van der Waals surface area contributed by atoms with Crippen LogP contribution in [0.4, 0.5) is 0 Å². The third-order valence-corrected chi connectivity index (χ3v) is 7.01. The first-order valence-corrected chi connectivity index (χ1v) is 10.6. The highest BCUT2D eigenvalue weighted by Gasteiger charge is 2.32. The van der Waals surface area contributed by atoms with E-state index in [9.17, 15) is 8.42 Å². The molecule has 11 heteroatoms. The third-order valence-electron chi connectivity index (χ3n) is 4.39.